The van der Waals surface area contributed by atoms with Crippen LogP contribution >= 0.6 is 0 Å². The molecule has 0 amide bonds. The Kier molecular flexibility index (Phi) is 3.53. The third-order valence-corrected chi connectivity index (χ3v) is 3.60. The normalized spacial score (nSPS) is 21.2. The maximum Gasteiger partial charge on any atom is 0.397 e. The Balaban J connectivity index is 2.28. The number of pyridine rings is 1. The summed E-state index contributed by atoms with van der Waals surface area (Å²) in [5.74, 6) is 0.144. The lowest BCUT2D eigenvalue weighted by molar-refractivity contribution is -0.580. The van der Waals surface area contributed by atoms with Crippen molar-refractivity contribution >= 4 is 5.91 Å². The Hall–Kier alpha value is -1.22. The second kappa shape index (κ2) is 4.81. The zero-order valence-corrected chi connectivity index (χ0v) is 11.8. The largest absolute Gasteiger partial charge is 0.397 e. The van der Waals surface area contributed by atoms with Gasteiger partial charge >= 0.3 is 5.91 Å². The van der Waals surface area contributed by atoms with Crippen molar-refractivity contribution in [2.75, 3.05) is 13.6 Å². The van der Waals surface area contributed by atoms with Crippen molar-refractivity contribution in [1.29, 1.82) is 0 Å². The minimum atomic E-state index is -0.342. The molecule has 2 heterocycles. The van der Waals surface area contributed by atoms with Gasteiger partial charge in [0.1, 0.15) is 0 Å². The fraction of sp³-hybridized carbons (Fsp3) is 0.600. The van der Waals surface area contributed by atoms with E-state index >= 15 is 0 Å². The van der Waals surface area contributed by atoms with Crippen LogP contribution in [-0.2, 0) is 0 Å². The molecule has 1 aliphatic heterocycles. The number of likely N-dealkylation sites (tertiary alicyclic amines) is 1. The molecule has 3 nitrogen and oxygen atoms in total. The lowest BCUT2D eigenvalue weighted by Crippen LogP contribution is -2.49. The predicted octanol–water partition coefficient (Wildman–Crippen LogP) is 2.43. The van der Waals surface area contributed by atoms with E-state index in [0.29, 0.717) is 6.04 Å². The van der Waals surface area contributed by atoms with Gasteiger partial charge in [-0.3, -0.25) is 4.90 Å². The van der Waals surface area contributed by atoms with Gasteiger partial charge in [0.05, 0.1) is 5.41 Å². The van der Waals surface area contributed by atoms with E-state index in [0.717, 1.165) is 6.54 Å². The summed E-state index contributed by atoms with van der Waals surface area (Å²) in [7, 11) is 2.15. The molecule has 1 fully saturated rings. The molecule has 2 rings (SSSR count). The van der Waals surface area contributed by atoms with Gasteiger partial charge in [0, 0.05) is 17.7 Å². The maximum atomic E-state index is 12.3. The first-order valence-electron chi connectivity index (χ1n) is 6.66. The molecule has 0 N–H and O–H groups in total. The number of rotatable bonds is 1. The quantitative estimate of drug-likeness (QED) is 0.712. The molecular formula is C15H23N2O+. The van der Waals surface area contributed by atoms with Gasteiger partial charge in [-0.1, -0.05) is 0 Å². The SMILES string of the molecule is CN1CCC[C@H]1c1ccc[n+](C(=O)C(C)(C)C)c1. The zero-order chi connectivity index (χ0) is 13.3. The van der Waals surface area contributed by atoms with Crippen molar-refractivity contribution in [2.24, 2.45) is 5.41 Å². The van der Waals surface area contributed by atoms with E-state index in [1.807, 2.05) is 39.2 Å². The maximum absolute atomic E-state index is 12.3. The summed E-state index contributed by atoms with van der Waals surface area (Å²) in [4.78, 5) is 14.6. The summed E-state index contributed by atoms with van der Waals surface area (Å²) < 4.78 is 1.74. The number of hydrogen-bond donors (Lipinski definition) is 0. The van der Waals surface area contributed by atoms with E-state index in [-0.39, 0.29) is 11.3 Å². The first kappa shape index (κ1) is 13.2. The van der Waals surface area contributed by atoms with Crippen LogP contribution in [0.25, 0.3) is 0 Å². The Morgan fingerprint density at radius 3 is 2.72 bits per heavy atom. The van der Waals surface area contributed by atoms with Crippen LogP contribution in [0.2, 0.25) is 0 Å². The van der Waals surface area contributed by atoms with E-state index in [9.17, 15) is 4.79 Å². The molecule has 0 saturated carbocycles. The Morgan fingerprint density at radius 2 is 2.17 bits per heavy atom. The highest BCUT2D eigenvalue weighted by Crippen LogP contribution is 2.29. The van der Waals surface area contributed by atoms with Crippen LogP contribution in [0, 0.1) is 5.41 Å². The molecule has 1 aromatic rings. The number of nitrogens with zero attached hydrogens (tertiary/aromatic N) is 2. The van der Waals surface area contributed by atoms with E-state index in [1.54, 1.807) is 4.57 Å². The van der Waals surface area contributed by atoms with Crippen molar-refractivity contribution in [3.05, 3.63) is 30.1 Å². The number of carbonyl (C=O) groups excluding carboxylic acids is 1. The lowest BCUT2D eigenvalue weighted by atomic mass is 9.95. The molecular weight excluding hydrogens is 224 g/mol. The minimum absolute atomic E-state index is 0.144. The lowest BCUT2D eigenvalue weighted by Gasteiger charge is -2.18. The van der Waals surface area contributed by atoms with Crippen LogP contribution in [0.15, 0.2) is 24.5 Å². The monoisotopic (exact) mass is 247 g/mol. The van der Waals surface area contributed by atoms with E-state index in [4.69, 9.17) is 0 Å². The molecule has 0 radical (unpaired) electrons. The average molecular weight is 247 g/mol. The molecule has 0 unspecified atom stereocenters. The standard InChI is InChI=1S/C15H23N2O/c1-15(2,3)14(18)17-10-5-7-12(11-17)13-8-6-9-16(13)4/h5,7,10-11,13H,6,8-9H2,1-4H3/q+1/t13-/m0/s1. The fourth-order valence-electron chi connectivity index (χ4n) is 2.54. The van der Waals surface area contributed by atoms with E-state index in [2.05, 4.69) is 18.0 Å². The Labute approximate surface area is 109 Å². The first-order valence-corrected chi connectivity index (χ1v) is 6.66. The topological polar surface area (TPSA) is 24.2 Å². The Bertz CT molecular complexity index is 448. The number of hydrogen-bond acceptors (Lipinski definition) is 2. The highest BCUT2D eigenvalue weighted by molar-refractivity contribution is 5.72. The van der Waals surface area contributed by atoms with Crippen LogP contribution < -0.4 is 4.57 Å². The molecule has 1 aliphatic rings. The van der Waals surface area contributed by atoms with E-state index in [1.165, 1.54) is 18.4 Å². The summed E-state index contributed by atoms with van der Waals surface area (Å²) in [5.41, 5.74) is 0.903. The average Bonchev–Trinajstić information content (AvgIpc) is 2.73. The summed E-state index contributed by atoms with van der Waals surface area (Å²) >= 11 is 0. The second-order valence-corrected chi connectivity index (χ2v) is 6.24. The molecule has 0 bridgehead atoms. The zero-order valence-electron chi connectivity index (χ0n) is 11.8. The fourth-order valence-corrected chi connectivity index (χ4v) is 2.54. The molecule has 0 spiro atoms. The third kappa shape index (κ3) is 2.61. The number of carbonyl (C=O) groups is 1. The van der Waals surface area contributed by atoms with Crippen LogP contribution in [-0.4, -0.2) is 24.4 Å². The third-order valence-electron chi connectivity index (χ3n) is 3.60. The first-order chi connectivity index (χ1) is 8.39. The Morgan fingerprint density at radius 1 is 1.44 bits per heavy atom. The molecule has 0 aromatic carbocycles. The highest BCUT2D eigenvalue weighted by atomic mass is 16.2. The predicted molar refractivity (Wildman–Crippen MR) is 71.3 cm³/mol. The van der Waals surface area contributed by atoms with Crippen molar-refractivity contribution in [2.45, 2.75) is 39.7 Å². The molecule has 0 aliphatic carbocycles. The molecule has 1 saturated heterocycles. The van der Waals surface area contributed by atoms with Gasteiger partial charge in [-0.05, 0) is 53.3 Å². The number of aromatic nitrogens is 1. The summed E-state index contributed by atoms with van der Waals surface area (Å²) in [6, 6.07) is 4.56. The van der Waals surface area contributed by atoms with Gasteiger partial charge in [-0.25, -0.2) is 4.79 Å². The highest BCUT2D eigenvalue weighted by Gasteiger charge is 2.32. The van der Waals surface area contributed by atoms with Gasteiger partial charge in [0.2, 0.25) is 0 Å². The smallest absolute Gasteiger partial charge is 0.299 e. The second-order valence-electron chi connectivity index (χ2n) is 6.24. The van der Waals surface area contributed by atoms with Crippen molar-refractivity contribution < 1.29 is 9.36 Å². The van der Waals surface area contributed by atoms with Crippen molar-refractivity contribution in [1.82, 2.24) is 4.90 Å². The van der Waals surface area contributed by atoms with Gasteiger partial charge in [0.25, 0.3) is 0 Å². The summed E-state index contributed by atoms with van der Waals surface area (Å²) in [6.07, 6.45) is 6.28. The van der Waals surface area contributed by atoms with Crippen molar-refractivity contribution in [3.63, 3.8) is 0 Å². The van der Waals surface area contributed by atoms with Gasteiger partial charge in [-0.15, -0.1) is 4.57 Å². The van der Waals surface area contributed by atoms with Gasteiger partial charge in [0.15, 0.2) is 12.4 Å². The molecule has 18 heavy (non-hydrogen) atoms. The minimum Gasteiger partial charge on any atom is -0.299 e. The molecule has 98 valence electrons. The van der Waals surface area contributed by atoms with Crippen LogP contribution in [0.5, 0.6) is 0 Å². The van der Waals surface area contributed by atoms with Crippen LogP contribution in [0.4, 0.5) is 0 Å². The molecule has 3 heteroatoms. The van der Waals surface area contributed by atoms with Crippen LogP contribution in [0.1, 0.15) is 50.0 Å². The summed E-state index contributed by atoms with van der Waals surface area (Å²) in [6.45, 7) is 7.01. The van der Waals surface area contributed by atoms with Crippen molar-refractivity contribution in [3.8, 4) is 0 Å². The molecule has 1 aromatic heterocycles. The molecule has 1 atom stereocenters. The summed E-state index contributed by atoms with van der Waals surface area (Å²) in [5, 5.41) is 0. The van der Waals surface area contributed by atoms with E-state index < -0.39 is 0 Å². The van der Waals surface area contributed by atoms with Gasteiger partial charge in [-0.2, -0.15) is 0 Å². The van der Waals surface area contributed by atoms with Crippen LogP contribution in [0.3, 0.4) is 0 Å². The van der Waals surface area contributed by atoms with Gasteiger partial charge < -0.3 is 0 Å².